The first-order valence-corrected chi connectivity index (χ1v) is 10.6. The number of carbonyl (C=O) groups excluding carboxylic acids is 3. The number of rotatable bonds is 8. The van der Waals surface area contributed by atoms with Crippen molar-refractivity contribution in [2.45, 2.75) is 32.8 Å². The number of nitrogens with zero attached hydrogens (tertiary/aromatic N) is 2. The highest BCUT2D eigenvalue weighted by molar-refractivity contribution is 5.96. The Labute approximate surface area is 186 Å². The molecule has 0 radical (unpaired) electrons. The number of aliphatic carboxylic acids is 1. The molecule has 3 N–H and O–H groups in total. The summed E-state index contributed by atoms with van der Waals surface area (Å²) in [7, 11) is 0. The van der Waals surface area contributed by atoms with Crippen LogP contribution in [-0.2, 0) is 19.1 Å². The quantitative estimate of drug-likeness (QED) is 0.520. The molecule has 0 spiro atoms. The second-order valence-corrected chi connectivity index (χ2v) is 7.71. The summed E-state index contributed by atoms with van der Waals surface area (Å²) in [6.45, 7) is 5.39. The maximum Gasteiger partial charge on any atom is 0.414 e. The molecule has 1 atom stereocenters. The van der Waals surface area contributed by atoms with Crippen LogP contribution < -0.4 is 15.5 Å². The molecule has 172 valence electrons. The molecule has 32 heavy (non-hydrogen) atoms. The number of carboxylic acid groups (broad SMARTS) is 1. The average molecular weight is 444 g/mol. The summed E-state index contributed by atoms with van der Waals surface area (Å²) in [6.07, 6.45) is 0.976. The lowest BCUT2D eigenvalue weighted by Crippen LogP contribution is -2.36. The maximum absolute atomic E-state index is 12.6. The zero-order valence-electron chi connectivity index (χ0n) is 18.2. The topological polar surface area (TPSA) is 128 Å². The Morgan fingerprint density at radius 2 is 2.06 bits per heavy atom. The molecule has 2 heterocycles. The standard InChI is InChI=1S/C22H28N4O6/c1-3-23-16-4-5-19(26-13-17(32-22(26)31)12-24-14(2)27)18(10-16)15-6-8-25(9-7-15)20(28)11-21(29)30/h4-6,10,17,23H,3,7-9,11-13H2,1-2H3,(H,24,27)(H,29,30)/t17-/m0/s1. The van der Waals surface area contributed by atoms with E-state index in [2.05, 4.69) is 10.6 Å². The van der Waals surface area contributed by atoms with Crippen LogP contribution in [0.4, 0.5) is 16.2 Å². The van der Waals surface area contributed by atoms with E-state index in [-0.39, 0.29) is 12.5 Å². The van der Waals surface area contributed by atoms with E-state index in [4.69, 9.17) is 9.84 Å². The van der Waals surface area contributed by atoms with Crippen molar-refractivity contribution in [3.63, 3.8) is 0 Å². The number of cyclic esters (lactones) is 1. The molecular weight excluding hydrogens is 416 g/mol. The third-order valence-corrected chi connectivity index (χ3v) is 5.33. The van der Waals surface area contributed by atoms with Gasteiger partial charge in [-0.2, -0.15) is 0 Å². The number of amides is 3. The highest BCUT2D eigenvalue weighted by Gasteiger charge is 2.34. The highest BCUT2D eigenvalue weighted by atomic mass is 16.6. The van der Waals surface area contributed by atoms with Crippen molar-refractivity contribution in [2.75, 3.05) is 42.9 Å². The van der Waals surface area contributed by atoms with Gasteiger partial charge in [0, 0.05) is 37.8 Å². The number of hydrogen-bond acceptors (Lipinski definition) is 6. The molecule has 1 fully saturated rings. The van der Waals surface area contributed by atoms with E-state index in [1.165, 1.54) is 11.8 Å². The van der Waals surface area contributed by atoms with Crippen LogP contribution in [0.15, 0.2) is 24.3 Å². The minimum Gasteiger partial charge on any atom is -0.481 e. The van der Waals surface area contributed by atoms with E-state index in [1.54, 1.807) is 4.90 Å². The molecule has 0 aliphatic carbocycles. The molecule has 3 rings (SSSR count). The Morgan fingerprint density at radius 3 is 2.69 bits per heavy atom. The van der Waals surface area contributed by atoms with Crippen LogP contribution in [0.3, 0.4) is 0 Å². The summed E-state index contributed by atoms with van der Waals surface area (Å²) in [5, 5.41) is 14.8. The van der Waals surface area contributed by atoms with Crippen molar-refractivity contribution in [3.05, 3.63) is 29.8 Å². The molecular formula is C22H28N4O6. The largest absolute Gasteiger partial charge is 0.481 e. The molecule has 2 aliphatic rings. The minimum absolute atomic E-state index is 0.190. The summed E-state index contributed by atoms with van der Waals surface area (Å²) in [5.74, 6) is -1.75. The Balaban J connectivity index is 1.84. The Kier molecular flexibility index (Phi) is 7.34. The fraction of sp³-hybridized carbons (Fsp3) is 0.455. The van der Waals surface area contributed by atoms with Gasteiger partial charge in [-0.1, -0.05) is 6.08 Å². The van der Waals surface area contributed by atoms with Gasteiger partial charge >= 0.3 is 12.1 Å². The first kappa shape index (κ1) is 23.1. The van der Waals surface area contributed by atoms with Crippen LogP contribution in [-0.4, -0.2) is 72.7 Å². The predicted octanol–water partition coefficient (Wildman–Crippen LogP) is 1.67. The van der Waals surface area contributed by atoms with Gasteiger partial charge in [-0.3, -0.25) is 19.3 Å². The molecule has 0 bridgehead atoms. The lowest BCUT2D eigenvalue weighted by molar-refractivity contribution is -0.144. The van der Waals surface area contributed by atoms with Gasteiger partial charge in [0.15, 0.2) is 0 Å². The van der Waals surface area contributed by atoms with E-state index in [9.17, 15) is 19.2 Å². The van der Waals surface area contributed by atoms with Crippen LogP contribution in [0.2, 0.25) is 0 Å². The summed E-state index contributed by atoms with van der Waals surface area (Å²) >= 11 is 0. The first-order chi connectivity index (χ1) is 15.3. The van der Waals surface area contributed by atoms with Gasteiger partial charge in [-0.05, 0) is 37.1 Å². The number of anilines is 2. The first-order valence-electron chi connectivity index (χ1n) is 10.6. The SMILES string of the molecule is CCNc1ccc(N2C[C@H](CNC(C)=O)OC2=O)c(C2=CCN(C(=O)CC(=O)O)CC2)c1. The number of hydrogen-bond donors (Lipinski definition) is 3. The van der Waals surface area contributed by atoms with Gasteiger partial charge in [-0.25, -0.2) is 4.79 Å². The molecule has 0 aromatic heterocycles. The normalized spacial score (nSPS) is 18.1. The Hall–Kier alpha value is -3.56. The monoisotopic (exact) mass is 444 g/mol. The van der Waals surface area contributed by atoms with Gasteiger partial charge in [0.05, 0.1) is 18.8 Å². The van der Waals surface area contributed by atoms with Crippen molar-refractivity contribution in [2.24, 2.45) is 0 Å². The van der Waals surface area contributed by atoms with Crippen molar-refractivity contribution in [3.8, 4) is 0 Å². The molecule has 10 nitrogen and oxygen atoms in total. The van der Waals surface area contributed by atoms with Gasteiger partial charge in [-0.15, -0.1) is 0 Å². The third kappa shape index (κ3) is 5.57. The van der Waals surface area contributed by atoms with E-state index < -0.39 is 30.5 Å². The van der Waals surface area contributed by atoms with Crippen LogP contribution in [0, 0.1) is 0 Å². The van der Waals surface area contributed by atoms with E-state index in [1.807, 2.05) is 31.2 Å². The molecule has 0 saturated carbocycles. The van der Waals surface area contributed by atoms with Crippen molar-refractivity contribution >= 4 is 40.8 Å². The van der Waals surface area contributed by atoms with Crippen LogP contribution in [0.25, 0.3) is 5.57 Å². The number of carbonyl (C=O) groups is 4. The zero-order valence-corrected chi connectivity index (χ0v) is 18.2. The number of carboxylic acids is 1. The number of ether oxygens (including phenoxy) is 1. The third-order valence-electron chi connectivity index (χ3n) is 5.33. The Morgan fingerprint density at radius 1 is 1.28 bits per heavy atom. The average Bonchev–Trinajstić information content (AvgIpc) is 3.12. The van der Waals surface area contributed by atoms with Crippen molar-refractivity contribution < 1.29 is 29.0 Å². The van der Waals surface area contributed by atoms with Crippen LogP contribution in [0.5, 0.6) is 0 Å². The fourth-order valence-electron chi connectivity index (χ4n) is 3.81. The Bertz CT molecular complexity index is 944. The lowest BCUT2D eigenvalue weighted by Gasteiger charge is -2.28. The van der Waals surface area contributed by atoms with Gasteiger partial charge < -0.3 is 25.4 Å². The molecule has 3 amide bonds. The highest BCUT2D eigenvalue weighted by Crippen LogP contribution is 2.35. The van der Waals surface area contributed by atoms with Crippen LogP contribution >= 0.6 is 0 Å². The molecule has 2 aliphatic heterocycles. The second kappa shape index (κ2) is 10.2. The summed E-state index contributed by atoms with van der Waals surface area (Å²) in [5.41, 5.74) is 3.42. The molecule has 0 unspecified atom stereocenters. The summed E-state index contributed by atoms with van der Waals surface area (Å²) < 4.78 is 5.41. The lowest BCUT2D eigenvalue weighted by atomic mass is 9.96. The molecule has 10 heteroatoms. The van der Waals surface area contributed by atoms with Gasteiger partial charge in [0.25, 0.3) is 0 Å². The summed E-state index contributed by atoms with van der Waals surface area (Å²) in [6, 6.07) is 5.72. The predicted molar refractivity (Wildman–Crippen MR) is 118 cm³/mol. The van der Waals surface area contributed by atoms with Crippen molar-refractivity contribution in [1.82, 2.24) is 10.2 Å². The smallest absolute Gasteiger partial charge is 0.414 e. The van der Waals surface area contributed by atoms with E-state index in [0.29, 0.717) is 31.7 Å². The van der Waals surface area contributed by atoms with Crippen molar-refractivity contribution in [1.29, 1.82) is 0 Å². The second-order valence-electron chi connectivity index (χ2n) is 7.71. The van der Waals surface area contributed by atoms with E-state index >= 15 is 0 Å². The summed E-state index contributed by atoms with van der Waals surface area (Å²) in [4.78, 5) is 49.7. The van der Waals surface area contributed by atoms with E-state index in [0.717, 1.165) is 23.4 Å². The molecule has 1 saturated heterocycles. The molecule has 1 aromatic carbocycles. The number of benzene rings is 1. The minimum atomic E-state index is -1.15. The van der Waals surface area contributed by atoms with Crippen LogP contribution in [0.1, 0.15) is 32.3 Å². The molecule has 1 aromatic rings. The zero-order chi connectivity index (χ0) is 23.3. The fourth-order valence-corrected chi connectivity index (χ4v) is 3.81. The maximum atomic E-state index is 12.6. The van der Waals surface area contributed by atoms with Gasteiger partial charge in [0.2, 0.25) is 11.8 Å². The number of nitrogens with one attached hydrogen (secondary N) is 2. The van der Waals surface area contributed by atoms with Gasteiger partial charge in [0.1, 0.15) is 12.5 Å².